The van der Waals surface area contributed by atoms with Crippen LogP contribution in [0.5, 0.6) is 5.75 Å². The lowest BCUT2D eigenvalue weighted by Crippen LogP contribution is -2.11. The summed E-state index contributed by atoms with van der Waals surface area (Å²) in [6.07, 6.45) is -0.513. The van der Waals surface area contributed by atoms with Crippen molar-refractivity contribution in [3.8, 4) is 17.1 Å². The monoisotopic (exact) mass is 357 g/mol. The fraction of sp³-hybridized carbons (Fsp3) is 0.250. The highest BCUT2D eigenvalue weighted by Crippen LogP contribution is 2.25. The summed E-state index contributed by atoms with van der Waals surface area (Å²) in [5.41, 5.74) is 1.62. The molecule has 0 fully saturated rings. The summed E-state index contributed by atoms with van der Waals surface area (Å²) in [4.78, 5) is 4.55. The van der Waals surface area contributed by atoms with Crippen LogP contribution >= 0.6 is 11.6 Å². The zero-order valence-electron chi connectivity index (χ0n) is 14.2. The predicted octanol–water partition coefficient (Wildman–Crippen LogP) is 4.43. The fourth-order valence-corrected chi connectivity index (χ4v) is 2.65. The second-order valence-corrected chi connectivity index (χ2v) is 6.22. The summed E-state index contributed by atoms with van der Waals surface area (Å²) in [6.45, 7) is 4.56. The van der Waals surface area contributed by atoms with E-state index in [1.54, 1.807) is 6.92 Å². The molecule has 130 valence electrons. The van der Waals surface area contributed by atoms with Crippen LogP contribution in [-0.2, 0) is 0 Å². The van der Waals surface area contributed by atoms with Crippen LogP contribution in [0.2, 0.25) is 5.02 Å². The number of ether oxygens (including phenoxy) is 1. The van der Waals surface area contributed by atoms with Crippen LogP contribution in [0, 0.1) is 0 Å². The van der Waals surface area contributed by atoms with Gasteiger partial charge in [0, 0.05) is 22.0 Å². The predicted molar refractivity (Wildman–Crippen MR) is 99.9 cm³/mol. The smallest absolute Gasteiger partial charge is 0.137 e. The number of aliphatic hydroxyl groups excluding tert-OH is 1. The number of benzene rings is 2. The summed E-state index contributed by atoms with van der Waals surface area (Å²) in [5, 5.41) is 11.9. The van der Waals surface area contributed by atoms with E-state index < -0.39 is 6.10 Å². The molecule has 0 radical (unpaired) electrons. The van der Waals surface area contributed by atoms with Crippen molar-refractivity contribution in [2.45, 2.75) is 20.0 Å². The van der Waals surface area contributed by atoms with Gasteiger partial charge in [-0.2, -0.15) is 0 Å². The van der Waals surface area contributed by atoms with E-state index in [9.17, 15) is 5.11 Å². The molecule has 1 N–H and O–H groups in total. The largest absolute Gasteiger partial charge is 0.494 e. The van der Waals surface area contributed by atoms with Crippen molar-refractivity contribution >= 4 is 22.6 Å². The van der Waals surface area contributed by atoms with E-state index in [0.29, 0.717) is 29.5 Å². The van der Waals surface area contributed by atoms with Crippen LogP contribution in [0.3, 0.4) is 0 Å². The van der Waals surface area contributed by atoms with Gasteiger partial charge in [0.25, 0.3) is 0 Å². The van der Waals surface area contributed by atoms with Gasteiger partial charge in [0.05, 0.1) is 24.6 Å². The number of hydrogen-bond donors (Lipinski definition) is 1. The third kappa shape index (κ3) is 4.21. The maximum absolute atomic E-state index is 9.58. The molecule has 0 saturated carbocycles. The van der Waals surface area contributed by atoms with Crippen molar-refractivity contribution in [3.05, 3.63) is 58.9 Å². The summed E-state index contributed by atoms with van der Waals surface area (Å²) >= 11 is 5.97. The van der Waals surface area contributed by atoms with E-state index in [1.807, 2.05) is 55.5 Å². The molecule has 0 saturated heterocycles. The second-order valence-electron chi connectivity index (χ2n) is 5.78. The molecule has 1 atom stereocenters. The van der Waals surface area contributed by atoms with Gasteiger partial charge >= 0.3 is 0 Å². The van der Waals surface area contributed by atoms with Gasteiger partial charge in [0.15, 0.2) is 0 Å². The van der Waals surface area contributed by atoms with E-state index in [0.717, 1.165) is 22.1 Å². The fourth-order valence-electron chi connectivity index (χ4n) is 2.52. The minimum atomic E-state index is -0.513. The van der Waals surface area contributed by atoms with Gasteiger partial charge < -0.3 is 14.3 Å². The van der Waals surface area contributed by atoms with Crippen LogP contribution in [-0.4, -0.2) is 24.4 Å². The van der Waals surface area contributed by atoms with E-state index in [4.69, 9.17) is 20.8 Å². The van der Waals surface area contributed by atoms with Gasteiger partial charge in [-0.05, 0) is 56.3 Å². The Morgan fingerprint density at radius 2 is 1.92 bits per heavy atom. The van der Waals surface area contributed by atoms with Crippen molar-refractivity contribution in [3.63, 3.8) is 0 Å². The van der Waals surface area contributed by atoms with Crippen LogP contribution in [0.15, 0.2) is 57.9 Å². The quantitative estimate of drug-likeness (QED) is 0.734. The van der Waals surface area contributed by atoms with Gasteiger partial charge in [-0.25, -0.2) is 0 Å². The Kier molecular flexibility index (Phi) is 5.41. The molecular formula is C20H20ClNO3. The number of nitrogens with zero attached hydrogens (tertiary/aromatic N) is 1. The van der Waals surface area contributed by atoms with E-state index in [2.05, 4.69) is 4.99 Å². The maximum Gasteiger partial charge on any atom is 0.137 e. The van der Waals surface area contributed by atoms with Crippen molar-refractivity contribution in [2.75, 3.05) is 13.2 Å². The number of rotatable bonds is 5. The molecule has 0 spiro atoms. The van der Waals surface area contributed by atoms with Gasteiger partial charge in [-0.15, -0.1) is 0 Å². The van der Waals surface area contributed by atoms with E-state index in [1.165, 1.54) is 0 Å². The zero-order chi connectivity index (χ0) is 17.8. The van der Waals surface area contributed by atoms with E-state index >= 15 is 0 Å². The number of hydrogen-bond acceptors (Lipinski definition) is 4. The van der Waals surface area contributed by atoms with Gasteiger partial charge in [0.2, 0.25) is 0 Å². The molecule has 0 aliphatic heterocycles. The minimum absolute atomic E-state index is 0.317. The molecular weight excluding hydrogens is 338 g/mol. The Hall–Kier alpha value is -2.30. The lowest BCUT2D eigenvalue weighted by Gasteiger charge is -2.08. The molecule has 3 aromatic rings. The SMILES string of the molecule is CCOc1ccc2oc(-c3ccc(Cl)cc3)cc(=NCC(C)O)c2c1. The lowest BCUT2D eigenvalue weighted by atomic mass is 10.1. The average molecular weight is 358 g/mol. The Labute approximate surface area is 151 Å². The van der Waals surface area contributed by atoms with Crippen molar-refractivity contribution in [1.29, 1.82) is 0 Å². The maximum atomic E-state index is 9.58. The molecule has 0 aliphatic rings. The van der Waals surface area contributed by atoms with Gasteiger partial charge in [-0.1, -0.05) is 11.6 Å². The van der Waals surface area contributed by atoms with Crippen LogP contribution in [0.25, 0.3) is 22.3 Å². The van der Waals surface area contributed by atoms with Crippen molar-refractivity contribution in [2.24, 2.45) is 4.99 Å². The third-order valence-corrected chi connectivity index (χ3v) is 3.93. The molecule has 1 unspecified atom stereocenters. The first kappa shape index (κ1) is 17.5. The standard InChI is InChI=1S/C20H20ClNO3/c1-3-24-16-8-9-19-17(10-16)18(22-12-13(2)23)11-20(25-19)14-4-6-15(21)7-5-14/h4-11,13,23H,3,12H2,1-2H3. The summed E-state index contributed by atoms with van der Waals surface area (Å²) in [5.74, 6) is 1.45. The highest BCUT2D eigenvalue weighted by Gasteiger charge is 2.08. The first-order valence-corrected chi connectivity index (χ1v) is 8.60. The molecule has 4 nitrogen and oxygen atoms in total. The first-order valence-electron chi connectivity index (χ1n) is 8.22. The molecule has 0 amide bonds. The number of halogens is 1. The molecule has 5 heteroatoms. The second kappa shape index (κ2) is 7.72. The molecule has 2 aromatic carbocycles. The number of aliphatic hydroxyl groups is 1. The topological polar surface area (TPSA) is 55.0 Å². The first-order chi connectivity index (χ1) is 12.1. The third-order valence-electron chi connectivity index (χ3n) is 3.68. The molecule has 1 aromatic heterocycles. The van der Waals surface area contributed by atoms with Crippen LogP contribution in [0.1, 0.15) is 13.8 Å². The highest BCUT2D eigenvalue weighted by atomic mass is 35.5. The Morgan fingerprint density at radius 3 is 2.60 bits per heavy atom. The normalized spacial score (nSPS) is 13.2. The summed E-state index contributed by atoms with van der Waals surface area (Å²) < 4.78 is 11.6. The summed E-state index contributed by atoms with van der Waals surface area (Å²) in [7, 11) is 0. The minimum Gasteiger partial charge on any atom is -0.494 e. The van der Waals surface area contributed by atoms with Crippen LogP contribution in [0.4, 0.5) is 0 Å². The Bertz CT molecular complexity index is 930. The molecule has 1 heterocycles. The number of fused-ring (bicyclic) bond motifs is 1. The van der Waals surface area contributed by atoms with E-state index in [-0.39, 0.29) is 0 Å². The van der Waals surface area contributed by atoms with Gasteiger partial charge in [-0.3, -0.25) is 4.99 Å². The average Bonchev–Trinajstić information content (AvgIpc) is 2.60. The van der Waals surface area contributed by atoms with Crippen LogP contribution < -0.4 is 10.1 Å². The van der Waals surface area contributed by atoms with Crippen molar-refractivity contribution < 1.29 is 14.3 Å². The molecule has 0 aliphatic carbocycles. The van der Waals surface area contributed by atoms with Crippen molar-refractivity contribution in [1.82, 2.24) is 0 Å². The Balaban J connectivity index is 2.19. The molecule has 0 bridgehead atoms. The Morgan fingerprint density at radius 1 is 1.16 bits per heavy atom. The van der Waals surface area contributed by atoms with Gasteiger partial charge in [0.1, 0.15) is 17.1 Å². The lowest BCUT2D eigenvalue weighted by molar-refractivity contribution is 0.203. The summed E-state index contributed by atoms with van der Waals surface area (Å²) in [6, 6.07) is 15.0. The molecule has 25 heavy (non-hydrogen) atoms. The molecule has 3 rings (SSSR count). The zero-order valence-corrected chi connectivity index (χ0v) is 15.0. The highest BCUT2D eigenvalue weighted by molar-refractivity contribution is 6.30.